The van der Waals surface area contributed by atoms with Gasteiger partial charge in [0.05, 0.1) is 7.11 Å². The van der Waals surface area contributed by atoms with Gasteiger partial charge in [-0.3, -0.25) is 9.59 Å². The third kappa shape index (κ3) is 10.5. The van der Waals surface area contributed by atoms with Crippen LogP contribution in [0.25, 0.3) is 0 Å². The first-order valence-electron chi connectivity index (χ1n) is 13.2. The molecular formula is C29H50O3. The molecule has 1 rings (SSSR count). The van der Waals surface area contributed by atoms with Crippen molar-refractivity contribution in [3.05, 3.63) is 23.0 Å². The highest BCUT2D eigenvalue weighted by atomic mass is 16.5. The molecule has 0 amide bonds. The third-order valence-electron chi connectivity index (χ3n) is 7.29. The van der Waals surface area contributed by atoms with Crippen molar-refractivity contribution in [2.75, 3.05) is 7.11 Å². The predicted molar refractivity (Wildman–Crippen MR) is 136 cm³/mol. The SMILES string of the molecule is CC[C@H](C)C[C@H](C)C[C@H](C)C[C@H](C)CCCCCCCCC1=C(C)C(=O)C=C(OC)C1=O. The van der Waals surface area contributed by atoms with Crippen LogP contribution >= 0.6 is 0 Å². The van der Waals surface area contributed by atoms with Crippen LogP contribution in [0.15, 0.2) is 23.0 Å². The van der Waals surface area contributed by atoms with Gasteiger partial charge in [-0.15, -0.1) is 0 Å². The van der Waals surface area contributed by atoms with Crippen LogP contribution in [-0.2, 0) is 14.3 Å². The van der Waals surface area contributed by atoms with E-state index in [1.165, 1.54) is 71.0 Å². The van der Waals surface area contributed by atoms with Crippen molar-refractivity contribution in [1.29, 1.82) is 0 Å². The molecule has 0 unspecified atom stereocenters. The molecule has 0 saturated carbocycles. The fourth-order valence-corrected chi connectivity index (χ4v) is 5.25. The van der Waals surface area contributed by atoms with Crippen molar-refractivity contribution in [3.63, 3.8) is 0 Å². The molecule has 4 atom stereocenters. The van der Waals surface area contributed by atoms with E-state index in [-0.39, 0.29) is 17.3 Å². The average molecular weight is 447 g/mol. The molecule has 0 aliphatic heterocycles. The fraction of sp³-hybridized carbons (Fsp3) is 0.793. The summed E-state index contributed by atoms with van der Waals surface area (Å²) >= 11 is 0. The standard InChI is InChI=1S/C29H50O3/c1-8-21(2)17-23(4)19-24(5)18-22(3)15-13-11-9-10-12-14-16-26-25(6)27(30)20-28(32-7)29(26)31/h20-24H,8-19H2,1-7H3/t21-,22+,23-,24+/m0/s1. The second kappa shape index (κ2) is 15.5. The molecule has 0 fully saturated rings. The smallest absolute Gasteiger partial charge is 0.224 e. The van der Waals surface area contributed by atoms with Gasteiger partial charge in [0.1, 0.15) is 0 Å². The predicted octanol–water partition coefficient (Wildman–Crippen LogP) is 8.23. The Kier molecular flexibility index (Phi) is 13.8. The van der Waals surface area contributed by atoms with E-state index >= 15 is 0 Å². The van der Waals surface area contributed by atoms with Gasteiger partial charge in [0.15, 0.2) is 11.5 Å². The van der Waals surface area contributed by atoms with Gasteiger partial charge in [-0.25, -0.2) is 0 Å². The Morgan fingerprint density at radius 3 is 1.91 bits per heavy atom. The second-order valence-electron chi connectivity index (χ2n) is 10.7. The zero-order valence-electron chi connectivity index (χ0n) is 22.1. The van der Waals surface area contributed by atoms with Gasteiger partial charge in [-0.2, -0.15) is 0 Å². The molecule has 0 spiro atoms. The number of ether oxygens (including phenoxy) is 1. The number of allylic oxidation sites excluding steroid dienone is 3. The zero-order chi connectivity index (χ0) is 24.1. The van der Waals surface area contributed by atoms with Crippen molar-refractivity contribution in [1.82, 2.24) is 0 Å². The summed E-state index contributed by atoms with van der Waals surface area (Å²) in [5.74, 6) is 3.36. The van der Waals surface area contributed by atoms with Crippen LogP contribution in [0.4, 0.5) is 0 Å². The second-order valence-corrected chi connectivity index (χ2v) is 10.7. The van der Waals surface area contributed by atoms with Gasteiger partial charge in [-0.05, 0) is 62.7 Å². The maximum Gasteiger partial charge on any atom is 0.224 e. The summed E-state index contributed by atoms with van der Waals surface area (Å²) in [5.41, 5.74) is 1.24. The Labute approximate surface area is 198 Å². The van der Waals surface area contributed by atoms with Crippen LogP contribution in [0.1, 0.15) is 119 Å². The minimum Gasteiger partial charge on any atom is -0.493 e. The quantitative estimate of drug-likeness (QED) is 0.167. The lowest BCUT2D eigenvalue weighted by molar-refractivity contribution is -0.118. The van der Waals surface area contributed by atoms with Gasteiger partial charge >= 0.3 is 0 Å². The lowest BCUT2D eigenvalue weighted by Gasteiger charge is -2.22. The van der Waals surface area contributed by atoms with Crippen molar-refractivity contribution in [2.45, 2.75) is 119 Å². The van der Waals surface area contributed by atoms with E-state index in [9.17, 15) is 9.59 Å². The number of methoxy groups -OCH3 is 1. The van der Waals surface area contributed by atoms with Crippen molar-refractivity contribution in [3.8, 4) is 0 Å². The average Bonchev–Trinajstić information content (AvgIpc) is 2.74. The summed E-state index contributed by atoms with van der Waals surface area (Å²) < 4.78 is 5.06. The summed E-state index contributed by atoms with van der Waals surface area (Å²) in [5, 5.41) is 0. The molecule has 1 aliphatic carbocycles. The molecule has 0 radical (unpaired) electrons. The maximum absolute atomic E-state index is 12.4. The van der Waals surface area contributed by atoms with Gasteiger partial charge in [-0.1, -0.05) is 79.6 Å². The van der Waals surface area contributed by atoms with E-state index in [0.29, 0.717) is 17.6 Å². The topological polar surface area (TPSA) is 43.4 Å². The summed E-state index contributed by atoms with van der Waals surface area (Å²) in [7, 11) is 1.45. The summed E-state index contributed by atoms with van der Waals surface area (Å²) in [4.78, 5) is 24.4. The number of carbonyl (C=O) groups is 2. The largest absolute Gasteiger partial charge is 0.493 e. The zero-order valence-corrected chi connectivity index (χ0v) is 22.1. The highest BCUT2D eigenvalue weighted by molar-refractivity contribution is 6.21. The molecule has 184 valence electrons. The maximum atomic E-state index is 12.4. The van der Waals surface area contributed by atoms with Crippen LogP contribution in [0, 0.1) is 23.7 Å². The van der Waals surface area contributed by atoms with E-state index in [4.69, 9.17) is 4.74 Å². The number of carbonyl (C=O) groups excluding carboxylic acids is 2. The molecule has 3 heteroatoms. The van der Waals surface area contributed by atoms with E-state index < -0.39 is 0 Å². The molecule has 0 bridgehead atoms. The Morgan fingerprint density at radius 2 is 1.31 bits per heavy atom. The Morgan fingerprint density at radius 1 is 0.781 bits per heavy atom. The molecule has 0 aromatic rings. The normalized spacial score (nSPS) is 18.4. The summed E-state index contributed by atoms with van der Waals surface area (Å²) in [6.45, 7) is 13.7. The third-order valence-corrected chi connectivity index (χ3v) is 7.29. The van der Waals surface area contributed by atoms with Gasteiger partial charge in [0, 0.05) is 17.2 Å². The van der Waals surface area contributed by atoms with E-state index in [0.717, 1.165) is 36.5 Å². The Hall–Kier alpha value is -1.38. The van der Waals surface area contributed by atoms with Gasteiger partial charge < -0.3 is 4.74 Å². The lowest BCUT2D eigenvalue weighted by Crippen LogP contribution is -2.19. The summed E-state index contributed by atoms with van der Waals surface area (Å²) in [6, 6.07) is 0. The molecule has 3 nitrogen and oxygen atoms in total. The molecule has 0 aromatic heterocycles. The minimum atomic E-state index is -0.109. The first-order valence-corrected chi connectivity index (χ1v) is 13.2. The minimum absolute atomic E-state index is 0.0927. The van der Waals surface area contributed by atoms with Gasteiger partial charge in [0.25, 0.3) is 0 Å². The van der Waals surface area contributed by atoms with Gasteiger partial charge in [0.2, 0.25) is 5.78 Å². The molecular weight excluding hydrogens is 396 g/mol. The molecule has 0 aromatic carbocycles. The van der Waals surface area contributed by atoms with Crippen LogP contribution in [0.3, 0.4) is 0 Å². The lowest BCUT2D eigenvalue weighted by atomic mass is 9.84. The molecule has 0 heterocycles. The monoisotopic (exact) mass is 446 g/mol. The summed E-state index contributed by atoms with van der Waals surface area (Å²) in [6.07, 6.45) is 15.9. The first-order chi connectivity index (χ1) is 15.2. The van der Waals surface area contributed by atoms with E-state index in [2.05, 4.69) is 34.6 Å². The van der Waals surface area contributed by atoms with Crippen molar-refractivity contribution in [2.24, 2.45) is 23.7 Å². The Balaban J connectivity index is 2.13. The van der Waals surface area contributed by atoms with E-state index in [1.807, 2.05) is 0 Å². The van der Waals surface area contributed by atoms with Crippen molar-refractivity contribution >= 4 is 11.6 Å². The molecule has 1 aliphatic rings. The van der Waals surface area contributed by atoms with Crippen LogP contribution in [0.5, 0.6) is 0 Å². The van der Waals surface area contributed by atoms with Crippen LogP contribution in [-0.4, -0.2) is 18.7 Å². The number of unbranched alkanes of at least 4 members (excludes halogenated alkanes) is 5. The van der Waals surface area contributed by atoms with Crippen LogP contribution < -0.4 is 0 Å². The van der Waals surface area contributed by atoms with E-state index in [1.54, 1.807) is 6.92 Å². The van der Waals surface area contributed by atoms with Crippen molar-refractivity contribution < 1.29 is 14.3 Å². The highest BCUT2D eigenvalue weighted by Gasteiger charge is 2.26. The first kappa shape index (κ1) is 28.7. The number of Topliss-reactive ketones (excluding diaryl/α,β-unsaturated/α-hetero) is 1. The number of rotatable bonds is 17. The molecule has 0 N–H and O–H groups in total. The molecule has 0 saturated heterocycles. The number of ketones is 2. The Bertz CT molecular complexity index is 643. The number of hydrogen-bond donors (Lipinski definition) is 0. The van der Waals surface area contributed by atoms with Crippen LogP contribution in [0.2, 0.25) is 0 Å². The highest BCUT2D eigenvalue weighted by Crippen LogP contribution is 2.27. The molecule has 32 heavy (non-hydrogen) atoms. The number of hydrogen-bond acceptors (Lipinski definition) is 3. The fourth-order valence-electron chi connectivity index (χ4n) is 5.25.